The van der Waals surface area contributed by atoms with E-state index in [1.807, 2.05) is 31.2 Å². The second kappa shape index (κ2) is 9.13. The van der Waals surface area contributed by atoms with Crippen LogP contribution in [0.3, 0.4) is 0 Å². The molecule has 0 unspecified atom stereocenters. The largest absolute Gasteiger partial charge is 0.478 e. The summed E-state index contributed by atoms with van der Waals surface area (Å²) in [5, 5.41) is 9.12. The third-order valence-electron chi connectivity index (χ3n) is 4.97. The number of anilines is 1. The van der Waals surface area contributed by atoms with Gasteiger partial charge in [0.25, 0.3) is 10.0 Å². The number of carbonyl (C=O) groups is 1. The molecule has 30 heavy (non-hydrogen) atoms. The Morgan fingerprint density at radius 1 is 0.933 bits per heavy atom. The highest BCUT2D eigenvalue weighted by Gasteiger charge is 2.18. The van der Waals surface area contributed by atoms with E-state index < -0.39 is 16.0 Å². The van der Waals surface area contributed by atoms with E-state index >= 15 is 0 Å². The Balaban J connectivity index is 1.73. The molecule has 0 aliphatic rings. The lowest BCUT2D eigenvalue weighted by Gasteiger charge is -2.14. The molecule has 0 aromatic heterocycles. The number of sulfonamides is 1. The number of hydrogen-bond donors (Lipinski definition) is 2. The summed E-state index contributed by atoms with van der Waals surface area (Å²) >= 11 is 0. The first kappa shape index (κ1) is 21.6. The molecule has 0 aliphatic heterocycles. The van der Waals surface area contributed by atoms with Gasteiger partial charge >= 0.3 is 5.97 Å². The Morgan fingerprint density at radius 2 is 1.70 bits per heavy atom. The van der Waals surface area contributed by atoms with Gasteiger partial charge in [-0.05, 0) is 74.1 Å². The predicted octanol–water partition coefficient (Wildman–Crippen LogP) is 4.98. The maximum absolute atomic E-state index is 12.9. The van der Waals surface area contributed by atoms with Gasteiger partial charge in [0, 0.05) is 0 Å². The van der Waals surface area contributed by atoms with Crippen LogP contribution in [0.1, 0.15) is 39.0 Å². The van der Waals surface area contributed by atoms with Gasteiger partial charge in [0.2, 0.25) is 0 Å². The smallest absolute Gasteiger partial charge is 0.335 e. The van der Waals surface area contributed by atoms with Crippen LogP contribution >= 0.6 is 0 Å². The highest BCUT2D eigenvalue weighted by atomic mass is 32.2. The van der Waals surface area contributed by atoms with Crippen LogP contribution in [-0.4, -0.2) is 19.5 Å². The Hall–Kier alpha value is -3.12. The van der Waals surface area contributed by atoms with Crippen molar-refractivity contribution >= 4 is 21.7 Å². The van der Waals surface area contributed by atoms with Gasteiger partial charge in [-0.1, -0.05) is 48.0 Å². The summed E-state index contributed by atoms with van der Waals surface area (Å²) in [4.78, 5) is 11.4. The molecule has 6 heteroatoms. The topological polar surface area (TPSA) is 83.5 Å². The van der Waals surface area contributed by atoms with E-state index in [0.29, 0.717) is 24.1 Å². The van der Waals surface area contributed by atoms with Crippen LogP contribution in [0.25, 0.3) is 0 Å². The predicted molar refractivity (Wildman–Crippen MR) is 119 cm³/mol. The lowest BCUT2D eigenvalue weighted by atomic mass is 10.0. The lowest BCUT2D eigenvalue weighted by molar-refractivity contribution is 0.0696. The Morgan fingerprint density at radius 3 is 2.43 bits per heavy atom. The van der Waals surface area contributed by atoms with E-state index in [4.69, 9.17) is 5.11 Å². The first-order valence-corrected chi connectivity index (χ1v) is 11.2. The van der Waals surface area contributed by atoms with Gasteiger partial charge < -0.3 is 5.11 Å². The molecule has 3 aromatic rings. The number of hydrogen-bond acceptors (Lipinski definition) is 3. The zero-order valence-electron chi connectivity index (χ0n) is 17.1. The molecule has 0 amide bonds. The summed E-state index contributed by atoms with van der Waals surface area (Å²) in [6.07, 6.45) is 2.15. The average molecular weight is 424 g/mol. The van der Waals surface area contributed by atoms with E-state index in [-0.39, 0.29) is 10.5 Å². The summed E-state index contributed by atoms with van der Waals surface area (Å²) in [6.45, 7) is 3.72. The quantitative estimate of drug-likeness (QED) is 0.535. The molecular weight excluding hydrogens is 398 g/mol. The second-order valence-electron chi connectivity index (χ2n) is 7.39. The van der Waals surface area contributed by atoms with Gasteiger partial charge in [0.15, 0.2) is 0 Å². The molecule has 156 valence electrons. The van der Waals surface area contributed by atoms with Crippen LogP contribution in [0.4, 0.5) is 5.69 Å². The number of carboxylic acids is 1. The third kappa shape index (κ3) is 5.27. The van der Waals surface area contributed by atoms with Gasteiger partial charge in [-0.2, -0.15) is 0 Å². The van der Waals surface area contributed by atoms with E-state index in [2.05, 4.69) is 4.72 Å². The number of rotatable bonds is 8. The molecule has 0 atom stereocenters. The molecule has 0 saturated heterocycles. The van der Waals surface area contributed by atoms with Gasteiger partial charge in [0.05, 0.1) is 16.1 Å². The van der Waals surface area contributed by atoms with Crippen LogP contribution in [0.15, 0.2) is 71.6 Å². The van der Waals surface area contributed by atoms with Crippen molar-refractivity contribution in [3.05, 3.63) is 94.5 Å². The van der Waals surface area contributed by atoms with Crippen LogP contribution in [0.5, 0.6) is 0 Å². The first-order valence-electron chi connectivity index (χ1n) is 9.76. The molecule has 5 nitrogen and oxygen atoms in total. The molecular formula is C24H25NO4S. The molecule has 3 rings (SSSR count). The minimum Gasteiger partial charge on any atom is -0.478 e. The van der Waals surface area contributed by atoms with Gasteiger partial charge in [-0.15, -0.1) is 0 Å². The van der Waals surface area contributed by atoms with E-state index in [1.165, 1.54) is 0 Å². The van der Waals surface area contributed by atoms with Crippen LogP contribution in [0, 0.1) is 13.8 Å². The van der Waals surface area contributed by atoms with Crippen molar-refractivity contribution in [2.75, 3.05) is 4.72 Å². The fourth-order valence-electron chi connectivity index (χ4n) is 3.48. The van der Waals surface area contributed by atoms with E-state index in [0.717, 1.165) is 23.1 Å². The second-order valence-corrected chi connectivity index (χ2v) is 9.04. The number of aryl methyl sites for hydroxylation is 4. The van der Waals surface area contributed by atoms with Crippen molar-refractivity contribution in [3.8, 4) is 0 Å². The normalized spacial score (nSPS) is 11.3. The maximum atomic E-state index is 12.9. The van der Waals surface area contributed by atoms with Crippen molar-refractivity contribution in [2.24, 2.45) is 0 Å². The molecule has 2 N–H and O–H groups in total. The zero-order chi connectivity index (χ0) is 21.7. The zero-order valence-corrected chi connectivity index (χ0v) is 17.9. The molecule has 0 aliphatic carbocycles. The van der Waals surface area contributed by atoms with Crippen LogP contribution in [0.2, 0.25) is 0 Å². The maximum Gasteiger partial charge on any atom is 0.335 e. The van der Waals surface area contributed by atoms with Crippen LogP contribution < -0.4 is 4.72 Å². The third-order valence-corrected chi connectivity index (χ3v) is 6.49. The highest BCUT2D eigenvalue weighted by Crippen LogP contribution is 2.24. The number of para-hydroxylation sites is 1. The summed E-state index contributed by atoms with van der Waals surface area (Å²) < 4.78 is 28.6. The molecule has 0 saturated carbocycles. The SMILES string of the molecule is Cc1ccc(S(=O)(=O)Nc2ccccc2CCCc2cccc(C(=O)O)c2)c(C)c1. The Kier molecular flexibility index (Phi) is 6.57. The Bertz CT molecular complexity index is 1170. The minimum atomic E-state index is -3.69. The monoisotopic (exact) mass is 423 g/mol. The fraction of sp³-hybridized carbons (Fsp3) is 0.208. The van der Waals surface area contributed by atoms with Gasteiger partial charge in [-0.25, -0.2) is 13.2 Å². The van der Waals surface area contributed by atoms with Gasteiger partial charge in [-0.3, -0.25) is 4.72 Å². The van der Waals surface area contributed by atoms with Gasteiger partial charge in [0.1, 0.15) is 0 Å². The highest BCUT2D eigenvalue weighted by molar-refractivity contribution is 7.92. The molecule has 0 radical (unpaired) electrons. The lowest BCUT2D eigenvalue weighted by Crippen LogP contribution is -2.15. The fourth-order valence-corrected chi connectivity index (χ4v) is 4.81. The summed E-state index contributed by atoms with van der Waals surface area (Å²) in [5.74, 6) is -0.942. The minimum absolute atomic E-state index is 0.272. The average Bonchev–Trinajstić information content (AvgIpc) is 2.69. The number of nitrogens with one attached hydrogen (secondary N) is 1. The number of benzene rings is 3. The first-order chi connectivity index (χ1) is 14.3. The van der Waals surface area contributed by atoms with Crippen molar-refractivity contribution in [1.82, 2.24) is 0 Å². The molecule has 0 bridgehead atoms. The van der Waals surface area contributed by atoms with Crippen LogP contribution in [-0.2, 0) is 22.9 Å². The molecule has 0 fully saturated rings. The van der Waals surface area contributed by atoms with Crippen molar-refractivity contribution in [2.45, 2.75) is 38.0 Å². The summed E-state index contributed by atoms with van der Waals surface area (Å²) in [7, 11) is -3.69. The molecule has 3 aromatic carbocycles. The summed E-state index contributed by atoms with van der Waals surface area (Å²) in [5.41, 5.74) is 4.41. The van der Waals surface area contributed by atoms with Crippen molar-refractivity contribution in [3.63, 3.8) is 0 Å². The van der Waals surface area contributed by atoms with Crippen molar-refractivity contribution < 1.29 is 18.3 Å². The molecule has 0 spiro atoms. The number of aromatic carboxylic acids is 1. The molecule has 0 heterocycles. The van der Waals surface area contributed by atoms with E-state index in [9.17, 15) is 13.2 Å². The standard InChI is InChI=1S/C24H25NO4S/c1-17-13-14-23(18(2)15-17)30(28,29)25-22-12-4-3-9-20(22)10-5-7-19-8-6-11-21(16-19)24(26)27/h3-4,6,8-9,11-16,25H,5,7,10H2,1-2H3,(H,26,27). The number of carboxylic acid groups (broad SMARTS) is 1. The Labute approximate surface area is 177 Å². The summed E-state index contributed by atoms with van der Waals surface area (Å²) in [6, 6.07) is 19.5. The van der Waals surface area contributed by atoms with E-state index in [1.54, 1.807) is 49.4 Å². The van der Waals surface area contributed by atoms with Crippen molar-refractivity contribution in [1.29, 1.82) is 0 Å².